The van der Waals surface area contributed by atoms with Gasteiger partial charge in [-0.15, -0.1) is 0 Å². The minimum Gasteiger partial charge on any atom is -0.353 e. The summed E-state index contributed by atoms with van der Waals surface area (Å²) in [5, 5.41) is 0. The molecule has 7 heteroatoms. The predicted octanol–water partition coefficient (Wildman–Crippen LogP) is 2.83. The van der Waals surface area contributed by atoms with Crippen LogP contribution in [0.2, 0.25) is 0 Å². The summed E-state index contributed by atoms with van der Waals surface area (Å²) < 4.78 is 55.4. The average Bonchev–Trinajstić information content (AvgIpc) is 3.05. The molecule has 0 aliphatic carbocycles. The minimum atomic E-state index is -3.94. The molecule has 2 aromatic rings. The maximum atomic E-state index is 13.4. The number of sulfonamides is 1. The molecule has 0 bridgehead atoms. The molecule has 0 amide bonds. The monoisotopic (exact) mass is 326 g/mol. The Labute approximate surface area is 128 Å². The average molecular weight is 326 g/mol. The van der Waals surface area contributed by atoms with Crippen molar-refractivity contribution in [3.8, 4) is 0 Å². The van der Waals surface area contributed by atoms with Gasteiger partial charge >= 0.3 is 0 Å². The van der Waals surface area contributed by atoms with Crippen LogP contribution in [0.4, 0.5) is 8.78 Å². The Morgan fingerprint density at radius 1 is 1.18 bits per heavy atom. The van der Waals surface area contributed by atoms with E-state index in [1.807, 2.05) is 29.9 Å². The molecule has 118 valence electrons. The van der Waals surface area contributed by atoms with Crippen molar-refractivity contribution in [3.63, 3.8) is 0 Å². The van der Waals surface area contributed by atoms with Crippen LogP contribution < -0.4 is 0 Å². The van der Waals surface area contributed by atoms with Gasteiger partial charge in [-0.25, -0.2) is 17.2 Å². The van der Waals surface area contributed by atoms with Gasteiger partial charge in [-0.1, -0.05) is 0 Å². The van der Waals surface area contributed by atoms with E-state index in [-0.39, 0.29) is 10.9 Å². The van der Waals surface area contributed by atoms with Crippen molar-refractivity contribution in [2.45, 2.75) is 23.8 Å². The molecule has 3 rings (SSSR count). The number of aromatic nitrogens is 1. The molecule has 1 aliphatic heterocycles. The fourth-order valence-corrected chi connectivity index (χ4v) is 4.67. The molecular weight excluding hydrogens is 310 g/mol. The van der Waals surface area contributed by atoms with E-state index in [4.69, 9.17) is 0 Å². The van der Waals surface area contributed by atoms with Crippen LogP contribution in [-0.2, 0) is 17.1 Å². The van der Waals surface area contributed by atoms with Gasteiger partial charge in [-0.05, 0) is 37.1 Å². The molecule has 1 atom stereocenters. The van der Waals surface area contributed by atoms with E-state index >= 15 is 0 Å². The zero-order valence-electron chi connectivity index (χ0n) is 12.0. The number of aryl methyl sites for hydroxylation is 1. The molecule has 22 heavy (non-hydrogen) atoms. The molecule has 0 saturated carbocycles. The first-order valence-electron chi connectivity index (χ1n) is 6.99. The Morgan fingerprint density at radius 2 is 1.86 bits per heavy atom. The molecular formula is C15H16F2N2O2S. The normalized spacial score (nSPS) is 19.7. The highest BCUT2D eigenvalue weighted by atomic mass is 32.2. The zero-order chi connectivity index (χ0) is 15.9. The standard InChI is InChI=1S/C15H16F2N2O2S/c1-18-6-2-4-14(18)15-5-3-7-19(15)22(20,21)13-9-11(16)8-12(17)10-13/h2,4,6,8-10,15H,3,5,7H2,1H3/t15-/m1/s1. The van der Waals surface area contributed by atoms with Crippen molar-refractivity contribution in [1.29, 1.82) is 0 Å². The van der Waals surface area contributed by atoms with Crippen LogP contribution in [0.3, 0.4) is 0 Å². The third-order valence-corrected chi connectivity index (χ3v) is 5.86. The van der Waals surface area contributed by atoms with Crippen molar-refractivity contribution in [1.82, 2.24) is 8.87 Å². The predicted molar refractivity (Wildman–Crippen MR) is 77.6 cm³/mol. The Kier molecular flexibility index (Phi) is 3.78. The van der Waals surface area contributed by atoms with Crippen LogP contribution in [0.15, 0.2) is 41.4 Å². The highest BCUT2D eigenvalue weighted by Gasteiger charge is 2.37. The van der Waals surface area contributed by atoms with E-state index in [0.29, 0.717) is 25.5 Å². The van der Waals surface area contributed by atoms with Gasteiger partial charge in [0.15, 0.2) is 0 Å². The van der Waals surface area contributed by atoms with E-state index in [1.54, 1.807) is 0 Å². The van der Waals surface area contributed by atoms with Crippen LogP contribution in [0, 0.1) is 11.6 Å². The molecule has 1 aromatic heterocycles. The third kappa shape index (κ3) is 2.55. The number of hydrogen-bond donors (Lipinski definition) is 0. The number of rotatable bonds is 3. The van der Waals surface area contributed by atoms with Gasteiger partial charge in [0.1, 0.15) is 11.6 Å². The van der Waals surface area contributed by atoms with Gasteiger partial charge in [-0.2, -0.15) is 4.31 Å². The highest BCUT2D eigenvalue weighted by Crippen LogP contribution is 2.36. The van der Waals surface area contributed by atoms with Gasteiger partial charge in [-0.3, -0.25) is 0 Å². The number of benzene rings is 1. The Balaban J connectivity index is 2.02. The molecule has 1 aromatic carbocycles. The molecule has 0 spiro atoms. The lowest BCUT2D eigenvalue weighted by Gasteiger charge is -2.24. The second-order valence-corrected chi connectivity index (χ2v) is 7.31. The lowest BCUT2D eigenvalue weighted by atomic mass is 10.1. The molecule has 0 unspecified atom stereocenters. The summed E-state index contributed by atoms with van der Waals surface area (Å²) in [6.45, 7) is 0.344. The summed E-state index contributed by atoms with van der Waals surface area (Å²) in [5.74, 6) is -1.79. The van der Waals surface area contributed by atoms with Crippen molar-refractivity contribution in [3.05, 3.63) is 53.9 Å². The van der Waals surface area contributed by atoms with E-state index in [0.717, 1.165) is 17.8 Å². The van der Waals surface area contributed by atoms with Gasteiger partial charge in [0.2, 0.25) is 10.0 Å². The second kappa shape index (κ2) is 5.48. The molecule has 0 N–H and O–H groups in total. The SMILES string of the molecule is Cn1cccc1[C@H]1CCCN1S(=O)(=O)c1cc(F)cc(F)c1. The minimum absolute atomic E-state index is 0.309. The molecule has 1 fully saturated rings. The second-order valence-electron chi connectivity index (χ2n) is 5.42. The first-order chi connectivity index (χ1) is 10.4. The molecule has 4 nitrogen and oxygen atoms in total. The zero-order valence-corrected chi connectivity index (χ0v) is 12.9. The van der Waals surface area contributed by atoms with Gasteiger partial charge in [0.25, 0.3) is 0 Å². The van der Waals surface area contributed by atoms with Gasteiger partial charge < -0.3 is 4.57 Å². The van der Waals surface area contributed by atoms with Crippen LogP contribution in [-0.4, -0.2) is 23.8 Å². The Bertz CT molecular complexity index is 781. The van der Waals surface area contributed by atoms with Crippen LogP contribution >= 0.6 is 0 Å². The fraction of sp³-hybridized carbons (Fsp3) is 0.333. The van der Waals surface area contributed by atoms with Crippen molar-refractivity contribution >= 4 is 10.0 Å². The number of hydrogen-bond acceptors (Lipinski definition) is 2. The van der Waals surface area contributed by atoms with E-state index < -0.39 is 21.7 Å². The smallest absolute Gasteiger partial charge is 0.243 e. The molecule has 0 radical (unpaired) electrons. The van der Waals surface area contributed by atoms with Crippen LogP contribution in [0.5, 0.6) is 0 Å². The molecule has 2 heterocycles. The van der Waals surface area contributed by atoms with Crippen molar-refractivity contribution in [2.24, 2.45) is 7.05 Å². The maximum Gasteiger partial charge on any atom is 0.243 e. The summed E-state index contributed by atoms with van der Waals surface area (Å²) in [6, 6.07) is 5.79. The first-order valence-corrected chi connectivity index (χ1v) is 8.43. The quantitative estimate of drug-likeness (QED) is 0.870. The largest absolute Gasteiger partial charge is 0.353 e. The van der Waals surface area contributed by atoms with Crippen molar-refractivity contribution in [2.75, 3.05) is 6.54 Å². The van der Waals surface area contributed by atoms with Crippen LogP contribution in [0.1, 0.15) is 24.6 Å². The third-order valence-electron chi connectivity index (χ3n) is 3.97. The van der Waals surface area contributed by atoms with E-state index in [1.165, 1.54) is 4.31 Å². The molecule has 1 saturated heterocycles. The van der Waals surface area contributed by atoms with E-state index in [9.17, 15) is 17.2 Å². The lowest BCUT2D eigenvalue weighted by Crippen LogP contribution is -2.31. The van der Waals surface area contributed by atoms with Crippen LogP contribution in [0.25, 0.3) is 0 Å². The highest BCUT2D eigenvalue weighted by molar-refractivity contribution is 7.89. The summed E-state index contributed by atoms with van der Waals surface area (Å²) in [4.78, 5) is -0.342. The first kappa shape index (κ1) is 15.2. The number of halogens is 2. The number of nitrogens with zero attached hydrogens (tertiary/aromatic N) is 2. The summed E-state index contributed by atoms with van der Waals surface area (Å²) in [7, 11) is -2.09. The van der Waals surface area contributed by atoms with Gasteiger partial charge in [0.05, 0.1) is 10.9 Å². The topological polar surface area (TPSA) is 42.3 Å². The van der Waals surface area contributed by atoms with Gasteiger partial charge in [0, 0.05) is 31.5 Å². The maximum absolute atomic E-state index is 13.4. The summed E-state index contributed by atoms with van der Waals surface area (Å²) >= 11 is 0. The Morgan fingerprint density at radius 3 is 2.45 bits per heavy atom. The fourth-order valence-electron chi connectivity index (χ4n) is 2.96. The summed E-state index contributed by atoms with van der Waals surface area (Å²) in [5.41, 5.74) is 0.873. The summed E-state index contributed by atoms with van der Waals surface area (Å²) in [6.07, 6.45) is 3.25. The Hall–Kier alpha value is -1.73. The van der Waals surface area contributed by atoms with Crippen molar-refractivity contribution < 1.29 is 17.2 Å². The van der Waals surface area contributed by atoms with E-state index in [2.05, 4.69) is 0 Å². The molecule has 1 aliphatic rings. The lowest BCUT2D eigenvalue weighted by molar-refractivity contribution is 0.383.